The van der Waals surface area contributed by atoms with E-state index in [1.54, 1.807) is 19.5 Å². The molecule has 1 aromatic carbocycles. The van der Waals surface area contributed by atoms with Gasteiger partial charge in [-0.15, -0.1) is 0 Å². The van der Waals surface area contributed by atoms with E-state index in [-0.39, 0.29) is 12.1 Å². The van der Waals surface area contributed by atoms with Crippen molar-refractivity contribution in [3.63, 3.8) is 0 Å². The Bertz CT molecular complexity index is 778. The van der Waals surface area contributed by atoms with E-state index in [4.69, 9.17) is 9.47 Å². The molecule has 6 nitrogen and oxygen atoms in total. The highest BCUT2D eigenvalue weighted by Gasteiger charge is 2.48. The molecular weight excluding hydrogens is 294 g/mol. The number of aryl methyl sites for hydroxylation is 1. The highest BCUT2D eigenvalue weighted by molar-refractivity contribution is 5.77. The number of amides is 2. The third kappa shape index (κ3) is 2.10. The maximum absolute atomic E-state index is 12.2. The number of methoxy groups -OCH3 is 1. The standard InChI is InChI=1S/C17H17N3O3/c1-10-6-12(22-2)7-14-15(10)13-8-17(23-14,20-16(21)19-13)11-4-3-5-18-9-11/h3-7,9,13H,8H2,1-2H3,(H2,19,20,21). The Morgan fingerprint density at radius 2 is 2.30 bits per heavy atom. The summed E-state index contributed by atoms with van der Waals surface area (Å²) < 4.78 is 11.6. The average Bonchev–Trinajstić information content (AvgIpc) is 2.54. The zero-order valence-corrected chi connectivity index (χ0v) is 12.9. The molecule has 1 aromatic heterocycles. The van der Waals surface area contributed by atoms with Gasteiger partial charge >= 0.3 is 6.03 Å². The number of hydrogen-bond acceptors (Lipinski definition) is 4. The van der Waals surface area contributed by atoms with Gasteiger partial charge in [-0.25, -0.2) is 4.79 Å². The van der Waals surface area contributed by atoms with Gasteiger partial charge in [-0.05, 0) is 30.7 Å². The summed E-state index contributed by atoms with van der Waals surface area (Å²) in [6.07, 6.45) is 4.02. The number of hydrogen-bond donors (Lipinski definition) is 2. The number of nitrogens with zero attached hydrogens (tertiary/aromatic N) is 1. The van der Waals surface area contributed by atoms with Crippen LogP contribution in [0.25, 0.3) is 0 Å². The number of rotatable bonds is 2. The molecule has 2 N–H and O–H groups in total. The topological polar surface area (TPSA) is 72.5 Å². The fourth-order valence-electron chi connectivity index (χ4n) is 3.43. The summed E-state index contributed by atoms with van der Waals surface area (Å²) in [4.78, 5) is 16.3. The van der Waals surface area contributed by atoms with Crippen molar-refractivity contribution in [1.29, 1.82) is 0 Å². The van der Waals surface area contributed by atoms with Crippen LogP contribution >= 0.6 is 0 Å². The van der Waals surface area contributed by atoms with Gasteiger partial charge in [0.15, 0.2) is 0 Å². The van der Waals surface area contributed by atoms with Crippen molar-refractivity contribution in [3.8, 4) is 11.5 Å². The summed E-state index contributed by atoms with van der Waals surface area (Å²) >= 11 is 0. The Kier molecular flexibility index (Phi) is 2.94. The Labute approximate surface area is 133 Å². The van der Waals surface area contributed by atoms with Crippen molar-refractivity contribution in [2.24, 2.45) is 0 Å². The molecule has 1 saturated heterocycles. The highest BCUT2D eigenvalue weighted by atomic mass is 16.5. The first kappa shape index (κ1) is 13.9. The summed E-state index contributed by atoms with van der Waals surface area (Å²) in [6.45, 7) is 2.00. The summed E-state index contributed by atoms with van der Waals surface area (Å²) in [7, 11) is 1.63. The van der Waals surface area contributed by atoms with Crippen molar-refractivity contribution in [3.05, 3.63) is 53.3 Å². The lowest BCUT2D eigenvalue weighted by atomic mass is 9.85. The van der Waals surface area contributed by atoms with E-state index in [0.717, 1.165) is 28.2 Å². The number of pyridine rings is 1. The van der Waals surface area contributed by atoms with Crippen molar-refractivity contribution in [2.45, 2.75) is 25.1 Å². The molecule has 0 radical (unpaired) electrons. The van der Waals surface area contributed by atoms with Crippen LogP contribution in [-0.4, -0.2) is 18.1 Å². The highest BCUT2D eigenvalue weighted by Crippen LogP contribution is 2.47. The molecule has 23 heavy (non-hydrogen) atoms. The van der Waals surface area contributed by atoms with Gasteiger partial charge in [0.05, 0.1) is 13.2 Å². The van der Waals surface area contributed by atoms with Crippen molar-refractivity contribution >= 4 is 6.03 Å². The Morgan fingerprint density at radius 3 is 3.04 bits per heavy atom. The minimum atomic E-state index is -0.910. The number of aromatic nitrogens is 1. The second-order valence-corrected chi connectivity index (χ2v) is 5.88. The van der Waals surface area contributed by atoms with Crippen LogP contribution in [0.1, 0.15) is 29.2 Å². The molecule has 0 saturated carbocycles. The normalized spacial score (nSPS) is 24.8. The molecule has 6 heteroatoms. The molecule has 118 valence electrons. The van der Waals surface area contributed by atoms with Crippen LogP contribution in [0.15, 0.2) is 36.7 Å². The maximum Gasteiger partial charge on any atom is 0.318 e. The minimum Gasteiger partial charge on any atom is -0.497 e. The lowest BCUT2D eigenvalue weighted by molar-refractivity contribution is -0.00986. The van der Waals surface area contributed by atoms with Gasteiger partial charge in [0.25, 0.3) is 0 Å². The number of fused-ring (bicyclic) bond motifs is 4. The maximum atomic E-state index is 12.2. The minimum absolute atomic E-state index is 0.112. The van der Waals surface area contributed by atoms with Gasteiger partial charge in [-0.2, -0.15) is 0 Å². The number of carbonyl (C=O) groups excluding carboxylic acids is 1. The van der Waals surface area contributed by atoms with Gasteiger partial charge in [0, 0.05) is 36.0 Å². The molecular formula is C17H17N3O3. The first-order chi connectivity index (χ1) is 11.1. The predicted molar refractivity (Wildman–Crippen MR) is 83.3 cm³/mol. The van der Waals surface area contributed by atoms with Crippen LogP contribution in [0.5, 0.6) is 11.5 Å². The Balaban J connectivity index is 1.88. The third-order valence-corrected chi connectivity index (χ3v) is 4.43. The molecule has 1 fully saturated rings. The monoisotopic (exact) mass is 311 g/mol. The largest absolute Gasteiger partial charge is 0.497 e. The summed E-state index contributed by atoms with van der Waals surface area (Å²) in [5.74, 6) is 1.45. The van der Waals surface area contributed by atoms with Crippen molar-refractivity contribution < 1.29 is 14.3 Å². The quantitative estimate of drug-likeness (QED) is 0.893. The number of nitrogens with one attached hydrogen (secondary N) is 2. The molecule has 2 amide bonds. The average molecular weight is 311 g/mol. The van der Waals surface area contributed by atoms with Crippen LogP contribution in [-0.2, 0) is 5.72 Å². The van der Waals surface area contributed by atoms with E-state index in [1.165, 1.54) is 0 Å². The number of benzene rings is 1. The SMILES string of the molecule is COc1cc(C)c2c(c1)OC1(c3cccnc3)CC2NC(=O)N1. The van der Waals surface area contributed by atoms with E-state index in [2.05, 4.69) is 15.6 Å². The molecule has 2 unspecified atom stereocenters. The smallest absolute Gasteiger partial charge is 0.318 e. The molecule has 0 aliphatic carbocycles. The molecule has 2 aliphatic rings. The Hall–Kier alpha value is -2.76. The zero-order chi connectivity index (χ0) is 16.0. The number of carbonyl (C=O) groups is 1. The van der Waals surface area contributed by atoms with Crippen molar-refractivity contribution in [1.82, 2.24) is 15.6 Å². The van der Waals surface area contributed by atoms with E-state index in [0.29, 0.717) is 6.42 Å². The summed E-state index contributed by atoms with van der Waals surface area (Å²) in [5, 5.41) is 5.91. The predicted octanol–water partition coefficient (Wildman–Crippen LogP) is 2.39. The number of urea groups is 1. The van der Waals surface area contributed by atoms with Crippen LogP contribution in [0.3, 0.4) is 0 Å². The second kappa shape index (κ2) is 4.87. The van der Waals surface area contributed by atoms with E-state index in [1.807, 2.05) is 31.2 Å². The first-order valence-corrected chi connectivity index (χ1v) is 7.48. The molecule has 2 bridgehead atoms. The van der Waals surface area contributed by atoms with Crippen LogP contribution in [0.4, 0.5) is 4.79 Å². The molecule has 2 aliphatic heterocycles. The van der Waals surface area contributed by atoms with Gasteiger partial charge in [0.1, 0.15) is 11.5 Å². The van der Waals surface area contributed by atoms with E-state index >= 15 is 0 Å². The van der Waals surface area contributed by atoms with Crippen LogP contribution in [0, 0.1) is 6.92 Å². The first-order valence-electron chi connectivity index (χ1n) is 7.48. The fraction of sp³-hybridized carbons (Fsp3) is 0.294. The summed E-state index contributed by atoms with van der Waals surface area (Å²) in [5.41, 5.74) is 1.95. The lowest BCUT2D eigenvalue weighted by Gasteiger charge is -2.46. The molecule has 0 spiro atoms. The second-order valence-electron chi connectivity index (χ2n) is 5.88. The summed E-state index contributed by atoms with van der Waals surface area (Å²) in [6, 6.07) is 7.20. The van der Waals surface area contributed by atoms with Crippen LogP contribution < -0.4 is 20.1 Å². The van der Waals surface area contributed by atoms with Gasteiger partial charge in [0.2, 0.25) is 5.72 Å². The fourth-order valence-corrected chi connectivity index (χ4v) is 3.43. The van der Waals surface area contributed by atoms with E-state index < -0.39 is 5.72 Å². The Morgan fingerprint density at radius 1 is 1.43 bits per heavy atom. The van der Waals surface area contributed by atoms with Gasteiger partial charge in [-0.3, -0.25) is 10.3 Å². The molecule has 3 heterocycles. The van der Waals surface area contributed by atoms with Gasteiger partial charge in [-0.1, -0.05) is 0 Å². The van der Waals surface area contributed by atoms with E-state index in [9.17, 15) is 4.79 Å². The molecule has 2 atom stereocenters. The third-order valence-electron chi connectivity index (χ3n) is 4.43. The number of ether oxygens (including phenoxy) is 2. The molecule has 4 rings (SSSR count). The van der Waals surface area contributed by atoms with Crippen LogP contribution in [0.2, 0.25) is 0 Å². The zero-order valence-electron chi connectivity index (χ0n) is 12.9. The van der Waals surface area contributed by atoms with Gasteiger partial charge < -0.3 is 14.8 Å². The van der Waals surface area contributed by atoms with Crippen molar-refractivity contribution in [2.75, 3.05) is 7.11 Å². The lowest BCUT2D eigenvalue weighted by Crippen LogP contribution is -2.62. The molecule has 2 aromatic rings.